The third-order valence-corrected chi connectivity index (χ3v) is 4.39. The highest BCUT2D eigenvalue weighted by molar-refractivity contribution is 5.92. The van der Waals surface area contributed by atoms with Crippen LogP contribution >= 0.6 is 0 Å². The van der Waals surface area contributed by atoms with Gasteiger partial charge in [0.1, 0.15) is 0 Å². The smallest absolute Gasteiger partial charge is 0.414 e. The Labute approximate surface area is 120 Å². The summed E-state index contributed by atoms with van der Waals surface area (Å²) in [6.07, 6.45) is 4.60. The van der Waals surface area contributed by atoms with Gasteiger partial charge in [-0.1, -0.05) is 44.9 Å². The van der Waals surface area contributed by atoms with Crippen molar-refractivity contribution in [3.63, 3.8) is 0 Å². The lowest BCUT2D eigenvalue weighted by atomic mass is 9.82. The second kappa shape index (κ2) is 5.47. The van der Waals surface area contributed by atoms with E-state index in [4.69, 9.17) is 4.74 Å². The Morgan fingerprint density at radius 2 is 2.05 bits per heavy atom. The fourth-order valence-corrected chi connectivity index (χ4v) is 3.52. The molecule has 2 aliphatic rings. The molecule has 108 valence electrons. The summed E-state index contributed by atoms with van der Waals surface area (Å²) in [7, 11) is 0. The largest absolute Gasteiger partial charge is 0.449 e. The second-order valence-electron chi connectivity index (χ2n) is 6.36. The van der Waals surface area contributed by atoms with E-state index in [-0.39, 0.29) is 6.09 Å². The Kier molecular flexibility index (Phi) is 3.68. The number of anilines is 1. The zero-order valence-corrected chi connectivity index (χ0v) is 12.3. The Morgan fingerprint density at radius 1 is 1.30 bits per heavy atom. The van der Waals surface area contributed by atoms with Crippen molar-refractivity contribution in [3.05, 3.63) is 29.8 Å². The number of ether oxygens (including phenoxy) is 1. The molecule has 0 aromatic heterocycles. The minimum atomic E-state index is -0.166. The van der Waals surface area contributed by atoms with E-state index in [0.717, 1.165) is 12.1 Å². The van der Waals surface area contributed by atoms with Gasteiger partial charge in [0.25, 0.3) is 0 Å². The van der Waals surface area contributed by atoms with Crippen molar-refractivity contribution in [3.8, 4) is 0 Å². The molecule has 0 unspecified atom stereocenters. The van der Waals surface area contributed by atoms with Crippen LogP contribution in [0.5, 0.6) is 0 Å². The van der Waals surface area contributed by atoms with E-state index < -0.39 is 0 Å². The van der Waals surface area contributed by atoms with Gasteiger partial charge in [0.15, 0.2) is 0 Å². The van der Waals surface area contributed by atoms with Crippen LogP contribution in [0, 0.1) is 5.92 Å². The molecular formula is C17H23NO2. The Balaban J connectivity index is 1.87. The quantitative estimate of drug-likeness (QED) is 0.803. The van der Waals surface area contributed by atoms with Crippen LogP contribution in [0.15, 0.2) is 24.3 Å². The fourth-order valence-electron chi connectivity index (χ4n) is 3.52. The molecule has 20 heavy (non-hydrogen) atoms. The van der Waals surface area contributed by atoms with Crippen LogP contribution < -0.4 is 4.90 Å². The summed E-state index contributed by atoms with van der Waals surface area (Å²) in [5.74, 6) is 0.880. The third-order valence-electron chi connectivity index (χ3n) is 4.39. The van der Waals surface area contributed by atoms with Crippen LogP contribution in [-0.4, -0.2) is 18.7 Å². The van der Waals surface area contributed by atoms with Crippen LogP contribution in [0.2, 0.25) is 0 Å². The number of benzene rings is 1. The lowest BCUT2D eigenvalue weighted by molar-refractivity contribution is 0.136. The van der Waals surface area contributed by atoms with Crippen LogP contribution in [-0.2, 0) is 4.74 Å². The molecular weight excluding hydrogens is 250 g/mol. The third kappa shape index (κ3) is 2.30. The first-order chi connectivity index (χ1) is 9.68. The van der Waals surface area contributed by atoms with Crippen LogP contribution in [0.25, 0.3) is 0 Å². The minimum Gasteiger partial charge on any atom is -0.449 e. The molecule has 1 fully saturated rings. The van der Waals surface area contributed by atoms with Gasteiger partial charge in [-0.3, -0.25) is 4.90 Å². The second-order valence-corrected chi connectivity index (χ2v) is 6.36. The maximum absolute atomic E-state index is 12.5. The summed E-state index contributed by atoms with van der Waals surface area (Å²) in [6.45, 7) is 4.62. The molecule has 0 spiro atoms. The van der Waals surface area contributed by atoms with Gasteiger partial charge in [0.2, 0.25) is 0 Å². The zero-order valence-electron chi connectivity index (χ0n) is 12.3. The molecule has 2 atom stereocenters. The Hall–Kier alpha value is -1.51. The number of carbonyl (C=O) groups excluding carboxylic acids is 1. The monoisotopic (exact) mass is 273 g/mol. The Bertz CT molecular complexity index is 498. The van der Waals surface area contributed by atoms with Gasteiger partial charge in [0.05, 0.1) is 12.3 Å². The molecule has 1 amide bonds. The molecule has 3 nitrogen and oxygen atoms in total. The summed E-state index contributed by atoms with van der Waals surface area (Å²) >= 11 is 0. The number of para-hydroxylation sites is 1. The zero-order chi connectivity index (χ0) is 14.1. The average Bonchev–Trinajstić information content (AvgIpc) is 2.79. The van der Waals surface area contributed by atoms with Crippen molar-refractivity contribution in [2.75, 3.05) is 11.5 Å². The number of amides is 1. The first-order valence-corrected chi connectivity index (χ1v) is 7.73. The predicted molar refractivity (Wildman–Crippen MR) is 80.1 cm³/mol. The highest BCUT2D eigenvalue weighted by Crippen LogP contribution is 2.47. The number of fused-ring (bicyclic) bond motifs is 3. The number of carbonyl (C=O) groups is 1. The molecule has 3 rings (SSSR count). The molecule has 1 aromatic rings. The van der Waals surface area contributed by atoms with Gasteiger partial charge >= 0.3 is 6.09 Å². The fraction of sp³-hybridized carbons (Fsp3) is 0.588. The van der Waals surface area contributed by atoms with E-state index in [1.807, 2.05) is 11.0 Å². The van der Waals surface area contributed by atoms with Crippen molar-refractivity contribution >= 4 is 11.8 Å². The summed E-state index contributed by atoms with van der Waals surface area (Å²) in [5.41, 5.74) is 2.40. The van der Waals surface area contributed by atoms with E-state index in [2.05, 4.69) is 32.0 Å². The molecule has 0 bridgehead atoms. The molecule has 3 heteroatoms. The van der Waals surface area contributed by atoms with Gasteiger partial charge in [0, 0.05) is 12.0 Å². The van der Waals surface area contributed by atoms with Gasteiger partial charge in [-0.15, -0.1) is 0 Å². The summed E-state index contributed by atoms with van der Waals surface area (Å²) in [5, 5.41) is 0. The minimum absolute atomic E-state index is 0.166. The molecule has 0 saturated heterocycles. The Morgan fingerprint density at radius 3 is 2.85 bits per heavy atom. The summed E-state index contributed by atoms with van der Waals surface area (Å²) in [4.78, 5) is 14.4. The van der Waals surface area contributed by atoms with E-state index in [1.165, 1.54) is 24.8 Å². The van der Waals surface area contributed by atoms with Gasteiger partial charge < -0.3 is 4.74 Å². The molecule has 1 aliphatic heterocycles. The maximum Gasteiger partial charge on any atom is 0.414 e. The topological polar surface area (TPSA) is 29.5 Å². The van der Waals surface area contributed by atoms with Crippen molar-refractivity contribution in [1.82, 2.24) is 0 Å². The van der Waals surface area contributed by atoms with Crippen molar-refractivity contribution in [1.29, 1.82) is 0 Å². The van der Waals surface area contributed by atoms with E-state index in [0.29, 0.717) is 24.5 Å². The van der Waals surface area contributed by atoms with E-state index >= 15 is 0 Å². The maximum atomic E-state index is 12.5. The van der Waals surface area contributed by atoms with E-state index in [9.17, 15) is 4.79 Å². The summed E-state index contributed by atoms with van der Waals surface area (Å²) < 4.78 is 5.48. The molecule has 1 heterocycles. The number of rotatable bonds is 2. The highest BCUT2D eigenvalue weighted by Gasteiger charge is 2.43. The van der Waals surface area contributed by atoms with Gasteiger partial charge in [-0.05, 0) is 30.4 Å². The first-order valence-electron chi connectivity index (χ1n) is 7.73. The average molecular weight is 273 g/mol. The highest BCUT2D eigenvalue weighted by atomic mass is 16.6. The van der Waals surface area contributed by atoms with Crippen molar-refractivity contribution in [2.24, 2.45) is 5.92 Å². The van der Waals surface area contributed by atoms with Crippen LogP contribution in [0.3, 0.4) is 0 Å². The molecule has 0 N–H and O–H groups in total. The van der Waals surface area contributed by atoms with Crippen molar-refractivity contribution in [2.45, 2.75) is 51.5 Å². The summed E-state index contributed by atoms with van der Waals surface area (Å²) in [6, 6.07) is 8.63. The van der Waals surface area contributed by atoms with Crippen molar-refractivity contribution < 1.29 is 9.53 Å². The van der Waals surface area contributed by atoms with Crippen LogP contribution in [0.4, 0.5) is 10.5 Å². The predicted octanol–water partition coefficient (Wildman–Crippen LogP) is 4.33. The molecule has 1 aliphatic carbocycles. The molecule has 1 aromatic carbocycles. The number of nitrogens with zero attached hydrogens (tertiary/aromatic N) is 1. The van der Waals surface area contributed by atoms with Gasteiger partial charge in [-0.25, -0.2) is 4.79 Å². The lowest BCUT2D eigenvalue weighted by Gasteiger charge is -2.31. The number of hydrogen-bond donors (Lipinski definition) is 0. The lowest BCUT2D eigenvalue weighted by Crippen LogP contribution is -2.41. The molecule has 0 radical (unpaired) electrons. The first kappa shape index (κ1) is 13.5. The van der Waals surface area contributed by atoms with Crippen LogP contribution in [0.1, 0.15) is 51.0 Å². The molecule has 1 saturated carbocycles. The normalized spacial score (nSPS) is 24.4. The van der Waals surface area contributed by atoms with E-state index in [1.54, 1.807) is 0 Å². The number of hydrogen-bond acceptors (Lipinski definition) is 2. The van der Waals surface area contributed by atoms with Gasteiger partial charge in [-0.2, -0.15) is 0 Å². The standard InChI is InChI=1S/C17H23NO2/c1-12(2)11-20-17(19)18-15-9-5-3-7-13(15)14-8-4-6-10-16(14)18/h3,5,7,9,12,14,16H,4,6,8,10-11H2,1-2H3/t14-,16+/m0/s1. The SMILES string of the molecule is CC(C)COC(=O)N1c2ccccc2[C@@H]2CCCC[C@H]21.